The van der Waals surface area contributed by atoms with E-state index < -0.39 is 12.0 Å². The van der Waals surface area contributed by atoms with Crippen LogP contribution < -0.4 is 16.8 Å². The van der Waals surface area contributed by atoms with Crippen LogP contribution in [-0.2, 0) is 16.1 Å². The number of aromatic nitrogens is 2. The molecule has 6 N–H and O–H groups in total. The molecule has 3 rings (SSSR count). The van der Waals surface area contributed by atoms with E-state index in [1.807, 2.05) is 0 Å². The second kappa shape index (κ2) is 8.70. The highest BCUT2D eigenvalue weighted by atomic mass is 79.9. The van der Waals surface area contributed by atoms with Gasteiger partial charge in [-0.2, -0.15) is 0 Å². The summed E-state index contributed by atoms with van der Waals surface area (Å²) >= 11 is 3.38. The molecule has 1 aromatic heterocycles. The number of carbonyl (C=O) groups is 1. The molecule has 2 aromatic rings. The van der Waals surface area contributed by atoms with Crippen LogP contribution in [0.25, 0.3) is 0 Å². The van der Waals surface area contributed by atoms with Crippen molar-refractivity contribution >= 4 is 33.6 Å². The van der Waals surface area contributed by atoms with Crippen molar-refractivity contribution in [2.75, 3.05) is 12.3 Å². The summed E-state index contributed by atoms with van der Waals surface area (Å²) in [6.07, 6.45) is -0.829. The maximum atomic E-state index is 13.5. The van der Waals surface area contributed by atoms with Crippen molar-refractivity contribution in [3.8, 4) is 0 Å². The van der Waals surface area contributed by atoms with E-state index in [9.17, 15) is 14.3 Å². The van der Waals surface area contributed by atoms with E-state index in [4.69, 9.17) is 16.3 Å². The highest BCUT2D eigenvalue weighted by Crippen LogP contribution is 2.31. The third-order valence-corrected chi connectivity index (χ3v) is 5.12. The first kappa shape index (κ1) is 20.9. The molecule has 9 nitrogen and oxygen atoms in total. The molecule has 0 aliphatic carbocycles. The minimum atomic E-state index is -1.31. The second-order valence-electron chi connectivity index (χ2n) is 6.54. The third kappa shape index (κ3) is 4.80. The predicted molar refractivity (Wildman–Crippen MR) is 107 cm³/mol. The summed E-state index contributed by atoms with van der Waals surface area (Å²) in [6.45, 7) is 1.75. The number of nitrogens with zero attached hydrogens (tertiary/aromatic N) is 3. The van der Waals surface area contributed by atoms with E-state index in [0.29, 0.717) is 33.7 Å². The number of nitrogens with one attached hydrogen (secondary N) is 1. The highest BCUT2D eigenvalue weighted by molar-refractivity contribution is 9.10. The number of fused-ring (bicyclic) bond motifs is 1. The molecular weight excluding hydrogens is 447 g/mol. The van der Waals surface area contributed by atoms with Crippen molar-refractivity contribution in [1.82, 2.24) is 15.3 Å². The van der Waals surface area contributed by atoms with E-state index in [1.54, 1.807) is 13.0 Å². The number of amidine groups is 1. The monoisotopic (exact) mass is 466 g/mol. The van der Waals surface area contributed by atoms with Crippen molar-refractivity contribution in [3.63, 3.8) is 0 Å². The summed E-state index contributed by atoms with van der Waals surface area (Å²) in [4.78, 5) is 24.7. The lowest BCUT2D eigenvalue weighted by Gasteiger charge is -2.29. The van der Waals surface area contributed by atoms with Crippen molar-refractivity contribution in [3.05, 3.63) is 51.0 Å². The molecule has 0 radical (unpaired) electrons. The van der Waals surface area contributed by atoms with Gasteiger partial charge in [0.2, 0.25) is 11.9 Å². The number of oxime groups is 1. The number of aliphatic hydroxyl groups is 1. The summed E-state index contributed by atoms with van der Waals surface area (Å²) in [5.74, 6) is -0.670. The number of nitrogen functional groups attached to an aromatic ring is 1. The van der Waals surface area contributed by atoms with Crippen LogP contribution in [0.3, 0.4) is 0 Å². The molecule has 2 heterocycles. The van der Waals surface area contributed by atoms with E-state index in [1.165, 1.54) is 12.1 Å². The van der Waals surface area contributed by atoms with Crippen LogP contribution in [0.2, 0.25) is 0 Å². The van der Waals surface area contributed by atoms with Gasteiger partial charge >= 0.3 is 0 Å². The van der Waals surface area contributed by atoms with Gasteiger partial charge in [0.25, 0.3) is 0 Å². The molecule has 0 spiro atoms. The topological polar surface area (TPSA) is 149 Å². The largest absolute Gasteiger partial charge is 0.394 e. The summed E-state index contributed by atoms with van der Waals surface area (Å²) in [5.41, 5.74) is 13.6. The number of aryl methyl sites for hydroxylation is 1. The average molecular weight is 467 g/mol. The van der Waals surface area contributed by atoms with Crippen LogP contribution >= 0.6 is 15.9 Å². The van der Waals surface area contributed by atoms with Gasteiger partial charge in [-0.1, -0.05) is 27.2 Å². The number of benzene rings is 1. The lowest BCUT2D eigenvalue weighted by atomic mass is 9.94. The molecule has 1 aliphatic heterocycles. The molecule has 0 saturated carbocycles. The number of carbonyl (C=O) groups excluding carboxylic acids is 1. The van der Waals surface area contributed by atoms with Gasteiger partial charge in [-0.15, -0.1) is 0 Å². The molecule has 2 atom stereocenters. The standard InChI is InChI=1S/C18H20BrFN6O3/c1-8-15-13(25-18(22)23-8)7-12(10-3-2-9(20)6-11(10)19)24-17(15)26-29-5-4-14(27)16(21)28/h2-3,6,12,14,27H,4-5,7H2,1H3,(H2,21,28)(H,24,26)(H2,22,23,25)/t12-,14+/m1/s1. The zero-order valence-electron chi connectivity index (χ0n) is 15.5. The van der Waals surface area contributed by atoms with Crippen molar-refractivity contribution in [2.24, 2.45) is 10.9 Å². The lowest BCUT2D eigenvalue weighted by Crippen LogP contribution is -2.38. The molecule has 1 amide bonds. The number of hydrogen-bond acceptors (Lipinski definition) is 7. The van der Waals surface area contributed by atoms with Gasteiger partial charge < -0.3 is 26.7 Å². The van der Waals surface area contributed by atoms with Crippen molar-refractivity contribution in [1.29, 1.82) is 0 Å². The van der Waals surface area contributed by atoms with Gasteiger partial charge in [-0.3, -0.25) is 4.79 Å². The summed E-state index contributed by atoms with van der Waals surface area (Å²) in [7, 11) is 0. The Labute approximate surface area is 174 Å². The third-order valence-electron chi connectivity index (χ3n) is 4.43. The van der Waals surface area contributed by atoms with Gasteiger partial charge in [0.05, 0.1) is 23.0 Å². The molecule has 29 heavy (non-hydrogen) atoms. The first-order valence-electron chi connectivity index (χ1n) is 8.78. The van der Waals surface area contributed by atoms with Crippen LogP contribution in [0, 0.1) is 12.7 Å². The average Bonchev–Trinajstić information content (AvgIpc) is 2.63. The molecule has 1 aliphatic rings. The fourth-order valence-electron chi connectivity index (χ4n) is 3.05. The van der Waals surface area contributed by atoms with Crippen LogP contribution in [0.1, 0.15) is 35.0 Å². The van der Waals surface area contributed by atoms with Gasteiger partial charge in [-0.05, 0) is 24.6 Å². The van der Waals surface area contributed by atoms with Crippen LogP contribution in [0.15, 0.2) is 27.8 Å². The van der Waals surface area contributed by atoms with Crippen molar-refractivity contribution in [2.45, 2.75) is 31.9 Å². The highest BCUT2D eigenvalue weighted by Gasteiger charge is 2.29. The van der Waals surface area contributed by atoms with Crippen LogP contribution in [0.5, 0.6) is 0 Å². The minimum Gasteiger partial charge on any atom is -0.394 e. The van der Waals surface area contributed by atoms with Gasteiger partial charge in [0.1, 0.15) is 18.5 Å². The van der Waals surface area contributed by atoms with Gasteiger partial charge in [0.15, 0.2) is 5.84 Å². The first-order valence-corrected chi connectivity index (χ1v) is 9.57. The zero-order valence-corrected chi connectivity index (χ0v) is 17.1. The molecule has 1 aromatic carbocycles. The number of halogens is 2. The van der Waals surface area contributed by atoms with E-state index in [-0.39, 0.29) is 30.8 Å². The summed E-state index contributed by atoms with van der Waals surface area (Å²) < 4.78 is 14.1. The van der Waals surface area contributed by atoms with Crippen molar-refractivity contribution < 1.29 is 19.1 Å². The Morgan fingerprint density at radius 3 is 2.97 bits per heavy atom. The normalized spacial score (nSPS) is 18.1. The number of hydrogen-bond donors (Lipinski definition) is 4. The summed E-state index contributed by atoms with van der Waals surface area (Å²) in [6, 6.07) is 4.14. The molecule has 11 heteroatoms. The number of nitrogens with two attached hydrogens (primary N) is 2. The molecule has 0 fully saturated rings. The number of aliphatic hydroxyl groups excluding tert-OH is 1. The first-order chi connectivity index (χ1) is 13.8. The van der Waals surface area contributed by atoms with Crippen LogP contribution in [-0.4, -0.2) is 39.5 Å². The Morgan fingerprint density at radius 1 is 1.52 bits per heavy atom. The zero-order chi connectivity index (χ0) is 21.1. The smallest absolute Gasteiger partial charge is 0.246 e. The fourth-order valence-corrected chi connectivity index (χ4v) is 3.68. The SMILES string of the molecule is Cc1nc(N)nc2c1/C(=N/OCC[C@H](O)C(N)=O)N[C@@H](c1ccc(F)cc1Br)C2. The fraction of sp³-hybridized carbons (Fsp3) is 0.333. The lowest BCUT2D eigenvalue weighted by molar-refractivity contribution is -0.126. The summed E-state index contributed by atoms with van der Waals surface area (Å²) in [5, 5.41) is 16.8. The molecule has 0 unspecified atom stereocenters. The number of anilines is 1. The van der Waals surface area contributed by atoms with E-state index in [2.05, 4.69) is 36.4 Å². The Balaban J connectivity index is 1.90. The Bertz CT molecular complexity index is 971. The van der Waals surface area contributed by atoms with Gasteiger partial charge in [-0.25, -0.2) is 14.4 Å². The number of rotatable bonds is 6. The van der Waals surface area contributed by atoms with Gasteiger partial charge in [0, 0.05) is 17.3 Å². The second-order valence-corrected chi connectivity index (χ2v) is 7.39. The predicted octanol–water partition coefficient (Wildman–Crippen LogP) is 1.07. The quantitative estimate of drug-likeness (QED) is 0.367. The Hall–Kier alpha value is -2.79. The Kier molecular flexibility index (Phi) is 6.28. The Morgan fingerprint density at radius 2 is 2.28 bits per heavy atom. The van der Waals surface area contributed by atoms with E-state index >= 15 is 0 Å². The molecular formula is C18H20BrFN6O3. The molecule has 0 bridgehead atoms. The van der Waals surface area contributed by atoms with Crippen LogP contribution in [0.4, 0.5) is 10.3 Å². The maximum Gasteiger partial charge on any atom is 0.246 e. The maximum absolute atomic E-state index is 13.5. The van der Waals surface area contributed by atoms with E-state index in [0.717, 1.165) is 5.56 Å². The molecule has 0 saturated heterocycles. The number of primary amides is 1. The number of amides is 1. The minimum absolute atomic E-state index is 0.00310. The molecule has 154 valence electrons.